The minimum absolute atomic E-state index is 0.156. The Hall–Kier alpha value is -1.12. The zero-order valence-corrected chi connectivity index (χ0v) is 14.5. The SMILES string of the molecule is CCNC(c1ccsc1C)C(CC)(CC)c1ccccc1. The summed E-state index contributed by atoms with van der Waals surface area (Å²) >= 11 is 1.85. The van der Waals surface area contributed by atoms with Crippen molar-refractivity contribution in [2.45, 2.75) is 52.0 Å². The predicted molar refractivity (Wildman–Crippen MR) is 94.2 cm³/mol. The maximum Gasteiger partial charge on any atom is 0.0428 e. The number of thiophene rings is 1. The summed E-state index contributed by atoms with van der Waals surface area (Å²) in [6, 6.07) is 13.7. The lowest BCUT2D eigenvalue weighted by Crippen LogP contribution is -2.41. The molecule has 0 spiro atoms. The summed E-state index contributed by atoms with van der Waals surface area (Å²) in [7, 11) is 0. The number of rotatable bonds is 7. The average Bonchev–Trinajstić information content (AvgIpc) is 2.95. The Morgan fingerprint density at radius 2 is 1.71 bits per heavy atom. The molecule has 1 unspecified atom stereocenters. The van der Waals surface area contributed by atoms with Crippen LogP contribution in [0.1, 0.15) is 55.7 Å². The van der Waals surface area contributed by atoms with Crippen LogP contribution in [0.4, 0.5) is 0 Å². The van der Waals surface area contributed by atoms with Crippen LogP contribution in [0.25, 0.3) is 0 Å². The lowest BCUT2D eigenvalue weighted by molar-refractivity contribution is 0.277. The molecule has 0 saturated heterocycles. The van der Waals surface area contributed by atoms with Crippen LogP contribution >= 0.6 is 11.3 Å². The fourth-order valence-corrected chi connectivity index (χ4v) is 4.25. The number of benzene rings is 1. The molecule has 0 aliphatic rings. The van der Waals surface area contributed by atoms with Crippen molar-refractivity contribution in [3.05, 3.63) is 57.8 Å². The van der Waals surface area contributed by atoms with E-state index in [1.54, 1.807) is 0 Å². The molecule has 1 N–H and O–H groups in total. The van der Waals surface area contributed by atoms with Gasteiger partial charge >= 0.3 is 0 Å². The predicted octanol–water partition coefficient (Wildman–Crippen LogP) is 5.47. The Morgan fingerprint density at radius 3 is 2.19 bits per heavy atom. The Bertz CT molecular complexity index is 540. The van der Waals surface area contributed by atoms with Crippen LogP contribution < -0.4 is 5.32 Å². The molecule has 21 heavy (non-hydrogen) atoms. The van der Waals surface area contributed by atoms with Crippen molar-refractivity contribution in [3.8, 4) is 0 Å². The van der Waals surface area contributed by atoms with Gasteiger partial charge in [-0.3, -0.25) is 0 Å². The maximum absolute atomic E-state index is 3.77. The van der Waals surface area contributed by atoms with Crippen LogP contribution in [0.5, 0.6) is 0 Å². The van der Waals surface area contributed by atoms with Crippen molar-refractivity contribution in [2.75, 3.05) is 6.54 Å². The first-order chi connectivity index (χ1) is 10.2. The topological polar surface area (TPSA) is 12.0 Å². The highest BCUT2D eigenvalue weighted by Crippen LogP contribution is 2.44. The zero-order valence-electron chi connectivity index (χ0n) is 13.6. The van der Waals surface area contributed by atoms with Crippen LogP contribution in [-0.4, -0.2) is 6.54 Å². The molecule has 0 amide bonds. The summed E-state index contributed by atoms with van der Waals surface area (Å²) in [5.41, 5.74) is 3.07. The standard InChI is InChI=1S/C19H27NS/c1-5-19(6-2,16-11-9-8-10-12-16)18(20-7-3)17-13-14-21-15(17)4/h8-14,18,20H,5-7H2,1-4H3. The van der Waals surface area contributed by atoms with Gasteiger partial charge in [0.05, 0.1) is 0 Å². The molecule has 1 atom stereocenters. The van der Waals surface area contributed by atoms with Gasteiger partial charge in [0.25, 0.3) is 0 Å². The second-order valence-electron chi connectivity index (χ2n) is 5.65. The number of hydrogen-bond donors (Lipinski definition) is 1. The van der Waals surface area contributed by atoms with Gasteiger partial charge < -0.3 is 5.32 Å². The fourth-order valence-electron chi connectivity index (χ4n) is 3.50. The van der Waals surface area contributed by atoms with Gasteiger partial charge in [-0.25, -0.2) is 0 Å². The van der Waals surface area contributed by atoms with Gasteiger partial charge in [-0.2, -0.15) is 0 Å². The minimum Gasteiger partial charge on any atom is -0.309 e. The van der Waals surface area contributed by atoms with Crippen molar-refractivity contribution in [3.63, 3.8) is 0 Å². The molecule has 0 aliphatic carbocycles. The smallest absolute Gasteiger partial charge is 0.0428 e. The van der Waals surface area contributed by atoms with Crippen LogP contribution in [0.2, 0.25) is 0 Å². The van der Waals surface area contributed by atoms with Crippen molar-refractivity contribution in [1.82, 2.24) is 5.32 Å². The largest absolute Gasteiger partial charge is 0.309 e. The molecule has 1 aromatic heterocycles. The lowest BCUT2D eigenvalue weighted by Gasteiger charge is -2.41. The molecular formula is C19H27NS. The monoisotopic (exact) mass is 301 g/mol. The van der Waals surface area contributed by atoms with Crippen LogP contribution in [0.3, 0.4) is 0 Å². The molecule has 2 rings (SSSR count). The molecule has 2 heteroatoms. The van der Waals surface area contributed by atoms with E-state index in [4.69, 9.17) is 0 Å². The summed E-state index contributed by atoms with van der Waals surface area (Å²) in [6.45, 7) is 10.1. The van der Waals surface area contributed by atoms with E-state index in [1.807, 2.05) is 11.3 Å². The van der Waals surface area contributed by atoms with Crippen LogP contribution in [0, 0.1) is 6.92 Å². The Morgan fingerprint density at radius 1 is 1.05 bits per heavy atom. The van der Waals surface area contributed by atoms with E-state index >= 15 is 0 Å². The quantitative estimate of drug-likeness (QED) is 0.715. The second-order valence-corrected chi connectivity index (χ2v) is 6.77. The van der Waals surface area contributed by atoms with Gasteiger partial charge in [-0.05, 0) is 48.9 Å². The molecule has 2 aromatic rings. The second kappa shape index (κ2) is 7.24. The van der Waals surface area contributed by atoms with Crippen LogP contribution in [-0.2, 0) is 5.41 Å². The minimum atomic E-state index is 0.156. The summed E-state index contributed by atoms with van der Waals surface area (Å²) < 4.78 is 0. The lowest BCUT2D eigenvalue weighted by atomic mass is 9.68. The van der Waals surface area contributed by atoms with Gasteiger partial charge in [0.1, 0.15) is 0 Å². The van der Waals surface area contributed by atoms with Crippen LogP contribution in [0.15, 0.2) is 41.8 Å². The van der Waals surface area contributed by atoms with Crippen molar-refractivity contribution < 1.29 is 0 Å². The maximum atomic E-state index is 3.77. The first kappa shape index (κ1) is 16.3. The normalized spacial score (nSPS) is 13.3. The molecule has 0 saturated carbocycles. The highest BCUT2D eigenvalue weighted by molar-refractivity contribution is 7.10. The van der Waals surface area contributed by atoms with E-state index in [-0.39, 0.29) is 5.41 Å². The van der Waals surface area contributed by atoms with E-state index in [1.165, 1.54) is 16.0 Å². The summed E-state index contributed by atoms with van der Waals surface area (Å²) in [5.74, 6) is 0. The van der Waals surface area contributed by atoms with Gasteiger partial charge in [-0.15, -0.1) is 11.3 Å². The Labute approximate surface area is 133 Å². The summed E-state index contributed by atoms with van der Waals surface area (Å²) in [5, 5.41) is 5.99. The molecule has 0 bridgehead atoms. The Balaban J connectivity index is 2.54. The third-order valence-electron chi connectivity index (χ3n) is 4.78. The highest BCUT2D eigenvalue weighted by atomic mass is 32.1. The molecule has 114 valence electrons. The van der Waals surface area contributed by atoms with E-state index in [0.29, 0.717) is 6.04 Å². The molecule has 1 aromatic carbocycles. The first-order valence-electron chi connectivity index (χ1n) is 8.02. The van der Waals surface area contributed by atoms with E-state index in [0.717, 1.165) is 19.4 Å². The molecular weight excluding hydrogens is 274 g/mol. The molecule has 1 heterocycles. The average molecular weight is 301 g/mol. The van der Waals surface area contributed by atoms with Gasteiger partial charge in [0.15, 0.2) is 0 Å². The third-order valence-corrected chi connectivity index (χ3v) is 5.64. The van der Waals surface area contributed by atoms with Gasteiger partial charge in [0.2, 0.25) is 0 Å². The molecule has 1 nitrogen and oxygen atoms in total. The van der Waals surface area contributed by atoms with Gasteiger partial charge in [0, 0.05) is 16.3 Å². The highest BCUT2D eigenvalue weighted by Gasteiger charge is 2.38. The number of nitrogens with one attached hydrogen (secondary N) is 1. The summed E-state index contributed by atoms with van der Waals surface area (Å²) in [6.07, 6.45) is 2.28. The van der Waals surface area contributed by atoms with Crippen molar-refractivity contribution >= 4 is 11.3 Å². The van der Waals surface area contributed by atoms with E-state index in [2.05, 4.69) is 74.8 Å². The first-order valence-corrected chi connectivity index (χ1v) is 8.90. The van der Waals surface area contributed by atoms with E-state index in [9.17, 15) is 0 Å². The van der Waals surface area contributed by atoms with Crippen molar-refractivity contribution in [2.24, 2.45) is 0 Å². The van der Waals surface area contributed by atoms with Gasteiger partial charge in [-0.1, -0.05) is 51.1 Å². The molecule has 0 fully saturated rings. The zero-order chi connectivity index (χ0) is 15.3. The number of aryl methyl sites for hydroxylation is 1. The number of likely N-dealkylation sites (N-methyl/N-ethyl adjacent to an activating group) is 1. The molecule has 0 radical (unpaired) electrons. The van der Waals surface area contributed by atoms with E-state index < -0.39 is 0 Å². The van der Waals surface area contributed by atoms with Crippen molar-refractivity contribution in [1.29, 1.82) is 0 Å². The fraction of sp³-hybridized carbons (Fsp3) is 0.474. The third kappa shape index (κ3) is 3.07. The molecule has 0 aliphatic heterocycles. The number of hydrogen-bond acceptors (Lipinski definition) is 2. The summed E-state index contributed by atoms with van der Waals surface area (Å²) in [4.78, 5) is 1.43. The Kier molecular flexibility index (Phi) is 5.60.